The van der Waals surface area contributed by atoms with E-state index < -0.39 is 5.60 Å². The number of ether oxygens (including phenoxy) is 1. The number of hydrogen-bond acceptors (Lipinski definition) is 3. The average Bonchev–Trinajstić information content (AvgIpc) is 2.62. The lowest BCUT2D eigenvalue weighted by Gasteiger charge is -2.63. The molecule has 1 saturated heterocycles. The number of fused-ring (bicyclic) bond motifs is 2. The maximum Gasteiger partial charge on any atom is 0.264 e. The highest BCUT2D eigenvalue weighted by Crippen LogP contribution is 2.66. The van der Waals surface area contributed by atoms with E-state index in [-0.39, 0.29) is 16.9 Å². The van der Waals surface area contributed by atoms with Gasteiger partial charge in [-0.05, 0) is 32.0 Å². The molecule has 1 amide bonds. The second-order valence-electron chi connectivity index (χ2n) is 6.63. The molecule has 2 aliphatic rings. The molecule has 104 valence electrons. The molecule has 0 saturated carbocycles. The number of anilines is 1. The predicted molar refractivity (Wildman–Crippen MR) is 75.2 cm³/mol. The van der Waals surface area contributed by atoms with Gasteiger partial charge >= 0.3 is 0 Å². The number of carbonyl (C=O) groups is 1. The zero-order chi connectivity index (χ0) is 14.9. The molecule has 1 atom stereocenters. The molecule has 0 N–H and O–H groups in total. The van der Waals surface area contributed by atoms with Crippen LogP contribution in [0.2, 0.25) is 0 Å². The monoisotopic (exact) mass is 270 g/mol. The number of rotatable bonds is 0. The summed E-state index contributed by atoms with van der Waals surface area (Å²) in [7, 11) is 1.76. The first-order valence-electron chi connectivity index (χ1n) is 6.72. The van der Waals surface area contributed by atoms with Crippen molar-refractivity contribution in [3.05, 3.63) is 29.3 Å². The lowest BCUT2D eigenvalue weighted by Crippen LogP contribution is -2.72. The first kappa shape index (κ1) is 13.1. The van der Waals surface area contributed by atoms with Gasteiger partial charge in [0.15, 0.2) is 5.60 Å². The maximum atomic E-state index is 12.8. The van der Waals surface area contributed by atoms with Crippen molar-refractivity contribution >= 4 is 11.6 Å². The van der Waals surface area contributed by atoms with Gasteiger partial charge in [-0.3, -0.25) is 4.79 Å². The molecule has 1 fully saturated rings. The van der Waals surface area contributed by atoms with E-state index in [1.54, 1.807) is 24.1 Å². The zero-order valence-corrected chi connectivity index (χ0v) is 12.4. The molecule has 4 nitrogen and oxygen atoms in total. The zero-order valence-electron chi connectivity index (χ0n) is 12.4. The maximum absolute atomic E-state index is 12.8. The van der Waals surface area contributed by atoms with Crippen molar-refractivity contribution < 1.29 is 9.53 Å². The Hall–Kier alpha value is -1.86. The summed E-state index contributed by atoms with van der Waals surface area (Å²) in [5.74, 6) is -0.0492. The molecule has 0 aromatic heterocycles. The van der Waals surface area contributed by atoms with Crippen molar-refractivity contribution in [2.45, 2.75) is 38.9 Å². The highest BCUT2D eigenvalue weighted by atomic mass is 16.6. The van der Waals surface area contributed by atoms with Crippen LogP contribution in [0, 0.1) is 16.7 Å². The topological polar surface area (TPSA) is 53.3 Å². The summed E-state index contributed by atoms with van der Waals surface area (Å²) < 4.78 is 6.10. The van der Waals surface area contributed by atoms with Crippen LogP contribution < -0.4 is 4.90 Å². The molecule has 1 aromatic carbocycles. The van der Waals surface area contributed by atoms with E-state index in [2.05, 4.69) is 19.9 Å². The third kappa shape index (κ3) is 1.13. The summed E-state index contributed by atoms with van der Waals surface area (Å²) in [6.45, 7) is 8.10. The van der Waals surface area contributed by atoms with E-state index >= 15 is 0 Å². The minimum Gasteiger partial charge on any atom is -0.353 e. The molecular formula is C16H18N2O2. The van der Waals surface area contributed by atoms with Gasteiger partial charge in [-0.15, -0.1) is 0 Å². The minimum absolute atomic E-state index is 0.0492. The van der Waals surface area contributed by atoms with Crippen LogP contribution in [-0.4, -0.2) is 18.6 Å². The Labute approximate surface area is 118 Å². The third-order valence-electron chi connectivity index (χ3n) is 5.27. The Morgan fingerprint density at radius 1 is 1.25 bits per heavy atom. The summed E-state index contributed by atoms with van der Waals surface area (Å²) in [6.07, 6.45) is 0. The first-order chi connectivity index (χ1) is 9.19. The summed E-state index contributed by atoms with van der Waals surface area (Å²) in [6, 6.07) is 7.48. The number of nitrogens with zero attached hydrogens (tertiary/aromatic N) is 2. The van der Waals surface area contributed by atoms with Crippen LogP contribution in [-0.2, 0) is 15.1 Å². The molecule has 2 heterocycles. The summed E-state index contributed by atoms with van der Waals surface area (Å²) in [5, 5.41) is 9.11. The minimum atomic E-state index is -0.965. The Balaban J connectivity index is 2.27. The van der Waals surface area contributed by atoms with Gasteiger partial charge in [-0.2, -0.15) is 5.26 Å². The summed E-state index contributed by atoms with van der Waals surface area (Å²) in [4.78, 5) is 14.4. The summed E-state index contributed by atoms with van der Waals surface area (Å²) in [5.41, 5.74) is 0.507. The van der Waals surface area contributed by atoms with E-state index in [9.17, 15) is 4.79 Å². The Bertz CT molecular complexity index is 670. The van der Waals surface area contributed by atoms with Crippen LogP contribution in [0.5, 0.6) is 0 Å². The number of amides is 1. The molecule has 1 unspecified atom stereocenters. The van der Waals surface area contributed by atoms with Gasteiger partial charge in [-0.1, -0.05) is 13.8 Å². The standard InChI is InChI=1S/C16H18N2O2/c1-14(2)15(3,4)20-16(14)11-8-10(9-17)6-7-12(11)18(5)13(16)19/h6-8H,1-5H3. The van der Waals surface area contributed by atoms with Gasteiger partial charge in [0.25, 0.3) is 5.91 Å². The first-order valence-corrected chi connectivity index (χ1v) is 6.72. The third-order valence-corrected chi connectivity index (χ3v) is 5.27. The number of nitriles is 1. The van der Waals surface area contributed by atoms with E-state index in [4.69, 9.17) is 10.00 Å². The van der Waals surface area contributed by atoms with E-state index in [0.29, 0.717) is 5.56 Å². The molecule has 0 aliphatic carbocycles. The van der Waals surface area contributed by atoms with Gasteiger partial charge in [0.2, 0.25) is 0 Å². The van der Waals surface area contributed by atoms with E-state index in [1.165, 1.54) is 0 Å². The fourth-order valence-corrected chi connectivity index (χ4v) is 3.36. The normalized spacial score (nSPS) is 29.0. The second-order valence-corrected chi connectivity index (χ2v) is 6.63. The lowest BCUT2D eigenvalue weighted by atomic mass is 9.57. The van der Waals surface area contributed by atoms with Crippen LogP contribution in [0.15, 0.2) is 18.2 Å². The van der Waals surface area contributed by atoms with Crippen molar-refractivity contribution in [1.82, 2.24) is 0 Å². The van der Waals surface area contributed by atoms with E-state index in [1.807, 2.05) is 19.9 Å². The highest BCUT2D eigenvalue weighted by Gasteiger charge is 2.74. The van der Waals surface area contributed by atoms with Gasteiger partial charge in [0.1, 0.15) is 0 Å². The molecule has 0 bridgehead atoms. The van der Waals surface area contributed by atoms with Crippen LogP contribution in [0.25, 0.3) is 0 Å². The van der Waals surface area contributed by atoms with Crippen LogP contribution in [0.3, 0.4) is 0 Å². The van der Waals surface area contributed by atoms with Crippen molar-refractivity contribution in [2.75, 3.05) is 11.9 Å². The smallest absolute Gasteiger partial charge is 0.264 e. The largest absolute Gasteiger partial charge is 0.353 e. The van der Waals surface area contributed by atoms with Crippen molar-refractivity contribution in [1.29, 1.82) is 5.26 Å². The molecule has 4 heteroatoms. The predicted octanol–water partition coefficient (Wildman–Crippen LogP) is 2.56. The molecule has 1 spiro atoms. The van der Waals surface area contributed by atoms with Crippen LogP contribution in [0.1, 0.15) is 38.8 Å². The molecule has 2 aliphatic heterocycles. The number of likely N-dealkylation sites (N-methyl/N-ethyl adjacent to an activating group) is 1. The van der Waals surface area contributed by atoms with Crippen molar-refractivity contribution in [2.24, 2.45) is 5.41 Å². The number of benzene rings is 1. The van der Waals surface area contributed by atoms with Crippen molar-refractivity contribution in [3.63, 3.8) is 0 Å². The molecule has 20 heavy (non-hydrogen) atoms. The highest BCUT2D eigenvalue weighted by molar-refractivity contribution is 6.08. The lowest BCUT2D eigenvalue weighted by molar-refractivity contribution is -0.342. The molecule has 0 radical (unpaired) electrons. The van der Waals surface area contributed by atoms with Crippen LogP contribution >= 0.6 is 0 Å². The van der Waals surface area contributed by atoms with Crippen LogP contribution in [0.4, 0.5) is 5.69 Å². The van der Waals surface area contributed by atoms with E-state index in [0.717, 1.165) is 11.3 Å². The van der Waals surface area contributed by atoms with Crippen molar-refractivity contribution in [3.8, 4) is 6.07 Å². The Morgan fingerprint density at radius 3 is 2.40 bits per heavy atom. The molecule has 3 rings (SSSR count). The van der Waals surface area contributed by atoms with Gasteiger partial charge in [-0.25, -0.2) is 0 Å². The SMILES string of the molecule is CN1C(=O)C2(OC(C)(C)C2(C)C)c2cc(C#N)ccc21. The Kier molecular flexibility index (Phi) is 2.25. The summed E-state index contributed by atoms with van der Waals surface area (Å²) >= 11 is 0. The number of hydrogen-bond donors (Lipinski definition) is 0. The quantitative estimate of drug-likeness (QED) is 0.728. The molecular weight excluding hydrogens is 252 g/mol. The van der Waals surface area contributed by atoms with Gasteiger partial charge < -0.3 is 9.64 Å². The average molecular weight is 270 g/mol. The number of carbonyl (C=O) groups excluding carboxylic acids is 1. The fraction of sp³-hybridized carbons (Fsp3) is 0.500. The second kappa shape index (κ2) is 3.42. The van der Waals surface area contributed by atoms with Gasteiger partial charge in [0.05, 0.1) is 22.9 Å². The fourth-order valence-electron chi connectivity index (χ4n) is 3.36. The van der Waals surface area contributed by atoms with Gasteiger partial charge in [0, 0.05) is 18.0 Å². The molecule has 1 aromatic rings. The Morgan fingerprint density at radius 2 is 1.90 bits per heavy atom.